The molecule has 0 spiro atoms. The maximum absolute atomic E-state index is 11.3. The van der Waals surface area contributed by atoms with Crippen molar-refractivity contribution in [2.75, 3.05) is 40.0 Å². The third-order valence-electron chi connectivity index (χ3n) is 3.20. The number of carbonyl (C=O) groups excluding carboxylic acids is 1. The zero-order valence-electron chi connectivity index (χ0n) is 11.3. The third kappa shape index (κ3) is 5.50. The average molecular weight is 243 g/mol. The summed E-state index contributed by atoms with van der Waals surface area (Å²) in [6.45, 7) is 8.72. The van der Waals surface area contributed by atoms with Crippen molar-refractivity contribution >= 4 is 5.97 Å². The first-order valence-corrected chi connectivity index (χ1v) is 6.51. The molecular formula is C13H25NO3. The summed E-state index contributed by atoms with van der Waals surface area (Å²) in [4.78, 5) is 13.6. The second kappa shape index (κ2) is 7.67. The summed E-state index contributed by atoms with van der Waals surface area (Å²) in [5.41, 5.74) is 0. The normalized spacial score (nSPS) is 21.1. The quantitative estimate of drug-likeness (QED) is 0.502. The molecule has 0 aromatic rings. The van der Waals surface area contributed by atoms with Crippen molar-refractivity contribution in [1.82, 2.24) is 4.90 Å². The van der Waals surface area contributed by atoms with Gasteiger partial charge < -0.3 is 14.4 Å². The van der Waals surface area contributed by atoms with Crippen molar-refractivity contribution in [2.24, 2.45) is 11.8 Å². The lowest BCUT2D eigenvalue weighted by Gasteiger charge is -2.15. The van der Waals surface area contributed by atoms with Crippen molar-refractivity contribution in [3.8, 4) is 0 Å². The smallest absolute Gasteiger partial charge is 0.310 e. The van der Waals surface area contributed by atoms with Gasteiger partial charge in [-0.2, -0.15) is 0 Å². The Morgan fingerprint density at radius 1 is 1.41 bits per heavy atom. The molecule has 1 atom stereocenters. The summed E-state index contributed by atoms with van der Waals surface area (Å²) in [5, 5.41) is 0. The maximum atomic E-state index is 11.3. The van der Waals surface area contributed by atoms with Gasteiger partial charge in [0.25, 0.3) is 0 Å². The minimum atomic E-state index is -0.0757. The van der Waals surface area contributed by atoms with Gasteiger partial charge in [-0.25, -0.2) is 0 Å². The second-order valence-corrected chi connectivity index (χ2v) is 5.10. The van der Waals surface area contributed by atoms with Gasteiger partial charge in [-0.15, -0.1) is 0 Å². The lowest BCUT2D eigenvalue weighted by molar-refractivity contribution is -0.144. The Hall–Kier alpha value is -0.610. The Bertz CT molecular complexity index is 231. The Morgan fingerprint density at radius 2 is 2.18 bits per heavy atom. The predicted octanol–water partition coefficient (Wildman–Crippen LogP) is 1.54. The number of esters is 1. The first-order chi connectivity index (χ1) is 8.13. The number of ether oxygens (including phenoxy) is 2. The lowest BCUT2D eigenvalue weighted by Crippen LogP contribution is -2.27. The summed E-state index contributed by atoms with van der Waals surface area (Å²) >= 11 is 0. The van der Waals surface area contributed by atoms with E-state index in [-0.39, 0.29) is 11.9 Å². The van der Waals surface area contributed by atoms with Gasteiger partial charge in [0.1, 0.15) is 0 Å². The number of carbonyl (C=O) groups is 1. The molecule has 0 bridgehead atoms. The molecule has 0 aromatic heterocycles. The van der Waals surface area contributed by atoms with E-state index in [1.165, 1.54) is 7.11 Å². The largest absolute Gasteiger partial charge is 0.469 e. The van der Waals surface area contributed by atoms with E-state index in [4.69, 9.17) is 9.47 Å². The average Bonchev–Trinajstić information content (AvgIpc) is 2.76. The Kier molecular flexibility index (Phi) is 6.52. The van der Waals surface area contributed by atoms with Gasteiger partial charge in [-0.05, 0) is 25.3 Å². The molecule has 1 aliphatic heterocycles. The van der Waals surface area contributed by atoms with Crippen molar-refractivity contribution in [3.05, 3.63) is 0 Å². The molecule has 1 aliphatic rings. The maximum Gasteiger partial charge on any atom is 0.310 e. The predicted molar refractivity (Wildman–Crippen MR) is 66.8 cm³/mol. The Labute approximate surface area is 104 Å². The molecule has 0 aliphatic carbocycles. The fraction of sp³-hybridized carbons (Fsp3) is 0.923. The highest BCUT2D eigenvalue weighted by atomic mass is 16.5. The second-order valence-electron chi connectivity index (χ2n) is 5.10. The number of methoxy groups -OCH3 is 1. The molecule has 1 fully saturated rings. The lowest BCUT2D eigenvalue weighted by atomic mass is 10.1. The van der Waals surface area contributed by atoms with E-state index >= 15 is 0 Å². The molecule has 1 heterocycles. The van der Waals surface area contributed by atoms with Gasteiger partial charge in [0.15, 0.2) is 0 Å². The molecule has 4 heteroatoms. The van der Waals surface area contributed by atoms with E-state index in [0.29, 0.717) is 5.92 Å². The highest BCUT2D eigenvalue weighted by Gasteiger charge is 2.28. The summed E-state index contributed by atoms with van der Waals surface area (Å²) in [6.07, 6.45) is 2.03. The van der Waals surface area contributed by atoms with Gasteiger partial charge in [0.05, 0.1) is 19.6 Å². The molecule has 4 nitrogen and oxygen atoms in total. The monoisotopic (exact) mass is 243 g/mol. The molecule has 100 valence electrons. The van der Waals surface area contributed by atoms with Crippen LogP contribution in [0.3, 0.4) is 0 Å². The summed E-state index contributed by atoms with van der Waals surface area (Å²) in [7, 11) is 1.46. The van der Waals surface area contributed by atoms with E-state index in [1.807, 2.05) is 0 Å². The molecular weight excluding hydrogens is 218 g/mol. The number of hydrogen-bond donors (Lipinski definition) is 0. The fourth-order valence-corrected chi connectivity index (χ4v) is 2.01. The minimum absolute atomic E-state index is 0.0654. The van der Waals surface area contributed by atoms with Crippen LogP contribution >= 0.6 is 0 Å². The first kappa shape index (κ1) is 14.5. The van der Waals surface area contributed by atoms with Crippen LogP contribution in [0.25, 0.3) is 0 Å². The molecule has 17 heavy (non-hydrogen) atoms. The molecule has 1 saturated heterocycles. The number of likely N-dealkylation sites (tertiary alicyclic amines) is 1. The Morgan fingerprint density at radius 3 is 2.82 bits per heavy atom. The van der Waals surface area contributed by atoms with Crippen LogP contribution in [0.4, 0.5) is 0 Å². The Balaban J connectivity index is 2.04. The van der Waals surface area contributed by atoms with Gasteiger partial charge in [0, 0.05) is 19.7 Å². The van der Waals surface area contributed by atoms with Crippen LogP contribution in [0.1, 0.15) is 26.7 Å². The molecule has 0 N–H and O–H groups in total. The molecule has 1 unspecified atom stereocenters. The highest BCUT2D eigenvalue weighted by Crippen LogP contribution is 2.16. The first-order valence-electron chi connectivity index (χ1n) is 6.51. The number of hydrogen-bond acceptors (Lipinski definition) is 4. The van der Waals surface area contributed by atoms with E-state index in [9.17, 15) is 4.79 Å². The topological polar surface area (TPSA) is 38.8 Å². The van der Waals surface area contributed by atoms with Gasteiger partial charge >= 0.3 is 5.97 Å². The molecule has 0 radical (unpaired) electrons. The van der Waals surface area contributed by atoms with Gasteiger partial charge in [0.2, 0.25) is 0 Å². The SMILES string of the molecule is COC(=O)C1CCN(CCOCCC(C)C)C1. The zero-order valence-corrected chi connectivity index (χ0v) is 11.3. The van der Waals surface area contributed by atoms with E-state index in [0.717, 1.165) is 45.7 Å². The summed E-state index contributed by atoms with van der Waals surface area (Å²) in [5.74, 6) is 0.689. The summed E-state index contributed by atoms with van der Waals surface area (Å²) in [6, 6.07) is 0. The van der Waals surface area contributed by atoms with Crippen molar-refractivity contribution in [3.63, 3.8) is 0 Å². The zero-order chi connectivity index (χ0) is 12.7. The standard InChI is InChI=1S/C13H25NO3/c1-11(2)5-8-17-9-7-14-6-4-12(10-14)13(15)16-3/h11-12H,4-10H2,1-3H3. The molecule has 1 rings (SSSR count). The van der Waals surface area contributed by atoms with Gasteiger partial charge in [-0.3, -0.25) is 4.79 Å². The third-order valence-corrected chi connectivity index (χ3v) is 3.20. The van der Waals surface area contributed by atoms with Crippen LogP contribution in [0.15, 0.2) is 0 Å². The van der Waals surface area contributed by atoms with Crippen LogP contribution < -0.4 is 0 Å². The van der Waals surface area contributed by atoms with Crippen LogP contribution in [0.5, 0.6) is 0 Å². The number of nitrogens with zero attached hydrogens (tertiary/aromatic N) is 1. The highest BCUT2D eigenvalue weighted by molar-refractivity contribution is 5.72. The van der Waals surface area contributed by atoms with E-state index in [1.54, 1.807) is 0 Å². The van der Waals surface area contributed by atoms with Crippen LogP contribution in [0, 0.1) is 11.8 Å². The number of rotatable bonds is 7. The van der Waals surface area contributed by atoms with Crippen molar-refractivity contribution in [1.29, 1.82) is 0 Å². The molecule has 0 saturated carbocycles. The minimum Gasteiger partial charge on any atom is -0.469 e. The fourth-order valence-electron chi connectivity index (χ4n) is 2.01. The molecule has 0 amide bonds. The van der Waals surface area contributed by atoms with Crippen LogP contribution in [-0.4, -0.2) is 50.8 Å². The van der Waals surface area contributed by atoms with Gasteiger partial charge in [-0.1, -0.05) is 13.8 Å². The van der Waals surface area contributed by atoms with Crippen molar-refractivity contribution in [2.45, 2.75) is 26.7 Å². The van der Waals surface area contributed by atoms with Crippen molar-refractivity contribution < 1.29 is 14.3 Å². The van der Waals surface area contributed by atoms with E-state index in [2.05, 4.69) is 18.7 Å². The molecule has 0 aromatic carbocycles. The summed E-state index contributed by atoms with van der Waals surface area (Å²) < 4.78 is 10.3. The van der Waals surface area contributed by atoms with Crippen LogP contribution in [-0.2, 0) is 14.3 Å². The van der Waals surface area contributed by atoms with Crippen LogP contribution in [0.2, 0.25) is 0 Å². The van der Waals surface area contributed by atoms with E-state index < -0.39 is 0 Å².